The number of carbonyl (C=O) groups excluding carboxylic acids is 1. The summed E-state index contributed by atoms with van der Waals surface area (Å²) < 4.78 is 5.79. The van der Waals surface area contributed by atoms with Crippen LogP contribution in [0.3, 0.4) is 0 Å². The van der Waals surface area contributed by atoms with E-state index in [4.69, 9.17) is 4.74 Å². The maximum atomic E-state index is 12.3. The zero-order valence-corrected chi connectivity index (χ0v) is 14.7. The summed E-state index contributed by atoms with van der Waals surface area (Å²) in [5.41, 5.74) is 0.784. The molecule has 132 valence electrons. The number of likely N-dealkylation sites (N-methyl/N-ethyl adjacent to an activating group) is 1. The number of likely N-dealkylation sites (tertiary alicyclic amines) is 1. The van der Waals surface area contributed by atoms with Crippen molar-refractivity contribution in [2.24, 2.45) is 0 Å². The van der Waals surface area contributed by atoms with Crippen molar-refractivity contribution in [3.63, 3.8) is 0 Å². The molecule has 0 aromatic heterocycles. The van der Waals surface area contributed by atoms with Crippen molar-refractivity contribution in [1.82, 2.24) is 9.80 Å². The molecule has 1 amide bonds. The number of nitro benzene ring substituents is 1. The summed E-state index contributed by atoms with van der Waals surface area (Å²) in [6, 6.07) is 4.47. The molecular weight excluding hydrogens is 310 g/mol. The second kappa shape index (κ2) is 7.61. The highest BCUT2D eigenvalue weighted by Crippen LogP contribution is 2.29. The van der Waals surface area contributed by atoms with Gasteiger partial charge in [0.15, 0.2) is 0 Å². The van der Waals surface area contributed by atoms with Gasteiger partial charge in [-0.3, -0.25) is 19.8 Å². The SMILES string of the molecule is CC(C)Oc1ccc([N+](=O)[O-])cc1CN1CCCC1C(=O)N(C)C. The summed E-state index contributed by atoms with van der Waals surface area (Å²) >= 11 is 0. The van der Waals surface area contributed by atoms with Gasteiger partial charge in [-0.2, -0.15) is 0 Å². The van der Waals surface area contributed by atoms with Crippen LogP contribution >= 0.6 is 0 Å². The van der Waals surface area contributed by atoms with Crippen LogP contribution in [-0.4, -0.2) is 53.4 Å². The first-order valence-corrected chi connectivity index (χ1v) is 8.18. The van der Waals surface area contributed by atoms with E-state index in [0.717, 1.165) is 24.9 Å². The molecule has 0 spiro atoms. The van der Waals surface area contributed by atoms with E-state index in [2.05, 4.69) is 4.90 Å². The normalized spacial score (nSPS) is 18.0. The summed E-state index contributed by atoms with van der Waals surface area (Å²) in [4.78, 5) is 26.7. The Hall–Kier alpha value is -2.15. The molecule has 7 heteroatoms. The number of rotatable bonds is 6. The number of carbonyl (C=O) groups is 1. The minimum Gasteiger partial charge on any atom is -0.491 e. The number of amides is 1. The molecule has 2 rings (SSSR count). The Kier molecular flexibility index (Phi) is 5.77. The van der Waals surface area contributed by atoms with Gasteiger partial charge in [-0.05, 0) is 39.3 Å². The lowest BCUT2D eigenvalue weighted by Crippen LogP contribution is -2.42. The third-order valence-electron chi connectivity index (χ3n) is 4.08. The molecule has 0 N–H and O–H groups in total. The van der Waals surface area contributed by atoms with Gasteiger partial charge in [0.2, 0.25) is 5.91 Å². The van der Waals surface area contributed by atoms with Crippen molar-refractivity contribution in [1.29, 1.82) is 0 Å². The topological polar surface area (TPSA) is 75.9 Å². The van der Waals surface area contributed by atoms with Gasteiger partial charge in [0.05, 0.1) is 17.1 Å². The Morgan fingerprint density at radius 3 is 2.75 bits per heavy atom. The van der Waals surface area contributed by atoms with E-state index in [0.29, 0.717) is 12.3 Å². The Bertz CT molecular complexity index is 616. The van der Waals surface area contributed by atoms with Gasteiger partial charge in [0, 0.05) is 38.3 Å². The summed E-state index contributed by atoms with van der Waals surface area (Å²) in [6.45, 7) is 5.10. The minimum absolute atomic E-state index is 0.0250. The fourth-order valence-electron chi connectivity index (χ4n) is 2.98. The van der Waals surface area contributed by atoms with Crippen molar-refractivity contribution in [2.75, 3.05) is 20.6 Å². The van der Waals surface area contributed by atoms with Gasteiger partial charge in [0.1, 0.15) is 5.75 Å². The van der Waals surface area contributed by atoms with E-state index < -0.39 is 4.92 Å². The lowest BCUT2D eigenvalue weighted by atomic mass is 10.1. The maximum absolute atomic E-state index is 12.3. The van der Waals surface area contributed by atoms with Crippen molar-refractivity contribution < 1.29 is 14.5 Å². The van der Waals surface area contributed by atoms with E-state index in [-0.39, 0.29) is 23.7 Å². The minimum atomic E-state index is -0.408. The fourth-order valence-corrected chi connectivity index (χ4v) is 2.98. The second-order valence-electron chi connectivity index (χ2n) is 6.58. The fraction of sp³-hybridized carbons (Fsp3) is 0.588. The van der Waals surface area contributed by atoms with E-state index in [9.17, 15) is 14.9 Å². The molecule has 0 aliphatic carbocycles. The Morgan fingerprint density at radius 2 is 2.17 bits per heavy atom. The Labute approximate surface area is 142 Å². The van der Waals surface area contributed by atoms with E-state index in [1.165, 1.54) is 6.07 Å². The number of nitrogens with zero attached hydrogens (tertiary/aromatic N) is 3. The average molecular weight is 335 g/mol. The number of hydrogen-bond donors (Lipinski definition) is 0. The molecule has 1 fully saturated rings. The Balaban J connectivity index is 2.27. The number of ether oxygens (including phenoxy) is 1. The first-order valence-electron chi connectivity index (χ1n) is 8.18. The van der Waals surface area contributed by atoms with Crippen LogP contribution in [-0.2, 0) is 11.3 Å². The largest absolute Gasteiger partial charge is 0.491 e. The zero-order valence-electron chi connectivity index (χ0n) is 14.7. The molecule has 1 aromatic rings. The van der Waals surface area contributed by atoms with Crippen LogP contribution in [0, 0.1) is 10.1 Å². The molecule has 1 aliphatic heterocycles. The lowest BCUT2D eigenvalue weighted by molar-refractivity contribution is -0.385. The second-order valence-corrected chi connectivity index (χ2v) is 6.58. The predicted molar refractivity (Wildman–Crippen MR) is 91.0 cm³/mol. The highest BCUT2D eigenvalue weighted by Gasteiger charge is 2.32. The van der Waals surface area contributed by atoms with Crippen LogP contribution in [0.2, 0.25) is 0 Å². The van der Waals surface area contributed by atoms with Crippen LogP contribution < -0.4 is 4.74 Å². The molecule has 1 aliphatic rings. The summed E-state index contributed by atoms with van der Waals surface area (Å²) in [6.07, 6.45) is 1.73. The zero-order chi connectivity index (χ0) is 17.9. The van der Waals surface area contributed by atoms with Crippen LogP contribution in [0.1, 0.15) is 32.3 Å². The molecule has 1 unspecified atom stereocenters. The number of non-ortho nitro benzene ring substituents is 1. The number of hydrogen-bond acceptors (Lipinski definition) is 5. The molecule has 1 aromatic carbocycles. The molecule has 0 bridgehead atoms. The third kappa shape index (κ3) is 4.23. The van der Waals surface area contributed by atoms with Gasteiger partial charge in [-0.25, -0.2) is 0 Å². The van der Waals surface area contributed by atoms with Crippen LogP contribution in [0.5, 0.6) is 5.75 Å². The first-order chi connectivity index (χ1) is 11.3. The smallest absolute Gasteiger partial charge is 0.270 e. The van der Waals surface area contributed by atoms with E-state index in [1.54, 1.807) is 31.1 Å². The van der Waals surface area contributed by atoms with Crippen molar-refractivity contribution in [3.8, 4) is 5.75 Å². The predicted octanol–water partition coefficient (Wildman–Crippen LogP) is 2.43. The van der Waals surface area contributed by atoms with E-state index in [1.807, 2.05) is 13.8 Å². The van der Waals surface area contributed by atoms with Crippen LogP contribution in [0.15, 0.2) is 18.2 Å². The quantitative estimate of drug-likeness (QED) is 0.589. The van der Waals surface area contributed by atoms with Gasteiger partial charge < -0.3 is 9.64 Å². The van der Waals surface area contributed by atoms with Gasteiger partial charge in [-0.1, -0.05) is 0 Å². The van der Waals surface area contributed by atoms with Gasteiger partial charge in [0.25, 0.3) is 5.69 Å². The molecule has 1 heterocycles. The highest BCUT2D eigenvalue weighted by molar-refractivity contribution is 5.81. The van der Waals surface area contributed by atoms with Crippen molar-refractivity contribution in [2.45, 2.75) is 45.4 Å². The monoisotopic (exact) mass is 335 g/mol. The standard InChI is InChI=1S/C17H25N3O4/c1-12(2)24-16-8-7-14(20(22)23)10-13(16)11-19-9-5-6-15(19)17(21)18(3)4/h7-8,10,12,15H,5-6,9,11H2,1-4H3. The summed E-state index contributed by atoms with van der Waals surface area (Å²) in [5.74, 6) is 0.711. The maximum Gasteiger partial charge on any atom is 0.270 e. The van der Waals surface area contributed by atoms with Gasteiger partial charge in [-0.15, -0.1) is 0 Å². The van der Waals surface area contributed by atoms with E-state index >= 15 is 0 Å². The van der Waals surface area contributed by atoms with Gasteiger partial charge >= 0.3 is 0 Å². The summed E-state index contributed by atoms with van der Waals surface area (Å²) in [7, 11) is 3.50. The lowest BCUT2D eigenvalue weighted by Gasteiger charge is -2.27. The highest BCUT2D eigenvalue weighted by atomic mass is 16.6. The number of nitro groups is 1. The third-order valence-corrected chi connectivity index (χ3v) is 4.08. The molecule has 24 heavy (non-hydrogen) atoms. The van der Waals surface area contributed by atoms with Crippen LogP contribution in [0.25, 0.3) is 0 Å². The molecule has 0 saturated carbocycles. The molecule has 1 atom stereocenters. The molecule has 0 radical (unpaired) electrons. The van der Waals surface area contributed by atoms with Crippen molar-refractivity contribution in [3.05, 3.63) is 33.9 Å². The van der Waals surface area contributed by atoms with Crippen LogP contribution in [0.4, 0.5) is 5.69 Å². The summed E-state index contributed by atoms with van der Waals surface area (Å²) in [5, 5.41) is 11.1. The first kappa shape index (κ1) is 18.2. The number of benzene rings is 1. The van der Waals surface area contributed by atoms with Crippen molar-refractivity contribution >= 4 is 11.6 Å². The molecule has 1 saturated heterocycles. The molecule has 7 nitrogen and oxygen atoms in total. The Morgan fingerprint density at radius 1 is 1.46 bits per heavy atom. The average Bonchev–Trinajstić information content (AvgIpc) is 2.95. The molecular formula is C17H25N3O4.